The SMILES string of the molecule is CC[C@@H]1C[C@H]1NC1COC2(CCN(c3ccc(C(=O)O)cc3)CC2)C1. The Morgan fingerprint density at radius 2 is 2.04 bits per heavy atom. The van der Waals surface area contributed by atoms with E-state index in [0.717, 1.165) is 56.6 Å². The maximum Gasteiger partial charge on any atom is 0.335 e. The molecule has 3 aliphatic rings. The molecule has 1 aromatic rings. The van der Waals surface area contributed by atoms with Crippen molar-refractivity contribution in [3.8, 4) is 0 Å². The Kier molecular flexibility index (Phi) is 4.46. The number of nitrogens with one attached hydrogen (secondary N) is 1. The highest BCUT2D eigenvalue weighted by atomic mass is 16.5. The molecule has 0 amide bonds. The number of carboxylic acids is 1. The van der Waals surface area contributed by atoms with Gasteiger partial charge >= 0.3 is 5.97 Å². The summed E-state index contributed by atoms with van der Waals surface area (Å²) >= 11 is 0. The zero-order valence-electron chi connectivity index (χ0n) is 14.9. The second kappa shape index (κ2) is 6.61. The van der Waals surface area contributed by atoms with Gasteiger partial charge < -0.3 is 20.1 Å². The van der Waals surface area contributed by atoms with E-state index in [1.54, 1.807) is 12.1 Å². The van der Waals surface area contributed by atoms with Gasteiger partial charge in [-0.05, 0) is 55.9 Å². The highest BCUT2D eigenvalue weighted by molar-refractivity contribution is 5.88. The molecule has 136 valence electrons. The van der Waals surface area contributed by atoms with E-state index in [0.29, 0.717) is 11.6 Å². The summed E-state index contributed by atoms with van der Waals surface area (Å²) in [5.74, 6) is 0.00944. The van der Waals surface area contributed by atoms with E-state index in [1.807, 2.05) is 12.1 Å². The molecule has 2 aliphatic heterocycles. The minimum absolute atomic E-state index is 0.0474. The molecule has 2 saturated heterocycles. The highest BCUT2D eigenvalue weighted by Gasteiger charge is 2.45. The van der Waals surface area contributed by atoms with Crippen LogP contribution < -0.4 is 10.2 Å². The van der Waals surface area contributed by atoms with E-state index in [4.69, 9.17) is 9.84 Å². The van der Waals surface area contributed by atoms with Crippen molar-refractivity contribution in [2.45, 2.75) is 56.7 Å². The third kappa shape index (κ3) is 3.53. The number of nitrogens with zero attached hydrogens (tertiary/aromatic N) is 1. The van der Waals surface area contributed by atoms with Crippen molar-refractivity contribution in [1.82, 2.24) is 5.32 Å². The van der Waals surface area contributed by atoms with Crippen LogP contribution in [-0.4, -0.2) is 48.5 Å². The largest absolute Gasteiger partial charge is 0.478 e. The molecule has 3 atom stereocenters. The molecular formula is C20H28N2O3. The molecule has 5 heteroatoms. The van der Waals surface area contributed by atoms with Gasteiger partial charge in [0.05, 0.1) is 17.8 Å². The number of piperidine rings is 1. The fraction of sp³-hybridized carbons (Fsp3) is 0.650. The van der Waals surface area contributed by atoms with Crippen LogP contribution in [0.3, 0.4) is 0 Å². The Bertz CT molecular complexity index is 622. The molecule has 0 radical (unpaired) electrons. The van der Waals surface area contributed by atoms with Crippen LogP contribution >= 0.6 is 0 Å². The van der Waals surface area contributed by atoms with E-state index in [9.17, 15) is 4.79 Å². The fourth-order valence-corrected chi connectivity index (χ4v) is 4.49. The van der Waals surface area contributed by atoms with Crippen LogP contribution in [0.1, 0.15) is 49.4 Å². The zero-order chi connectivity index (χ0) is 17.4. The van der Waals surface area contributed by atoms with Crippen molar-refractivity contribution >= 4 is 11.7 Å². The van der Waals surface area contributed by atoms with Gasteiger partial charge in [0, 0.05) is 30.9 Å². The number of ether oxygens (including phenoxy) is 1. The standard InChI is InChI=1S/C20H28N2O3/c1-2-14-11-18(14)21-16-12-20(25-13-16)7-9-22(10-8-20)17-5-3-15(4-6-17)19(23)24/h3-6,14,16,18,21H,2,7-13H2,1H3,(H,23,24)/t14-,16?,18-/m1/s1. The average molecular weight is 344 g/mol. The Morgan fingerprint density at radius 1 is 1.32 bits per heavy atom. The summed E-state index contributed by atoms with van der Waals surface area (Å²) in [7, 11) is 0. The van der Waals surface area contributed by atoms with Crippen molar-refractivity contribution in [1.29, 1.82) is 0 Å². The minimum atomic E-state index is -0.872. The number of anilines is 1. The van der Waals surface area contributed by atoms with Gasteiger partial charge in [-0.15, -0.1) is 0 Å². The van der Waals surface area contributed by atoms with E-state index >= 15 is 0 Å². The lowest BCUT2D eigenvalue weighted by Gasteiger charge is -2.39. The molecule has 0 aromatic heterocycles. The number of hydrogen-bond donors (Lipinski definition) is 2. The van der Waals surface area contributed by atoms with Crippen molar-refractivity contribution in [2.75, 3.05) is 24.6 Å². The Hall–Kier alpha value is -1.59. The molecule has 4 rings (SSSR count). The molecule has 25 heavy (non-hydrogen) atoms. The van der Waals surface area contributed by atoms with Crippen molar-refractivity contribution in [2.24, 2.45) is 5.92 Å². The fourth-order valence-electron chi connectivity index (χ4n) is 4.49. The second-order valence-electron chi connectivity index (χ2n) is 7.91. The summed E-state index contributed by atoms with van der Waals surface area (Å²) in [6, 6.07) is 8.45. The Balaban J connectivity index is 1.30. The third-order valence-corrected chi connectivity index (χ3v) is 6.26. The van der Waals surface area contributed by atoms with E-state index in [2.05, 4.69) is 17.1 Å². The number of hydrogen-bond acceptors (Lipinski definition) is 4. The number of rotatable bonds is 5. The number of carbonyl (C=O) groups is 1. The molecule has 1 spiro atoms. The molecule has 1 saturated carbocycles. The molecule has 2 N–H and O–H groups in total. The summed E-state index contributed by atoms with van der Waals surface area (Å²) in [6.45, 7) is 5.07. The van der Waals surface area contributed by atoms with Gasteiger partial charge in [0.2, 0.25) is 0 Å². The van der Waals surface area contributed by atoms with Crippen molar-refractivity contribution < 1.29 is 14.6 Å². The summed E-state index contributed by atoms with van der Waals surface area (Å²) in [5, 5.41) is 12.8. The maximum absolute atomic E-state index is 11.0. The first-order valence-corrected chi connectivity index (χ1v) is 9.57. The topological polar surface area (TPSA) is 61.8 Å². The monoisotopic (exact) mass is 344 g/mol. The van der Waals surface area contributed by atoms with E-state index < -0.39 is 5.97 Å². The molecule has 5 nitrogen and oxygen atoms in total. The van der Waals surface area contributed by atoms with Crippen LogP contribution in [-0.2, 0) is 4.74 Å². The minimum Gasteiger partial charge on any atom is -0.478 e. The van der Waals surface area contributed by atoms with Crippen LogP contribution in [0.5, 0.6) is 0 Å². The van der Waals surface area contributed by atoms with Gasteiger partial charge in [-0.3, -0.25) is 0 Å². The summed E-state index contributed by atoms with van der Waals surface area (Å²) in [6.07, 6.45) is 5.85. The summed E-state index contributed by atoms with van der Waals surface area (Å²) < 4.78 is 6.26. The first kappa shape index (κ1) is 16.9. The highest BCUT2D eigenvalue weighted by Crippen LogP contribution is 2.39. The Morgan fingerprint density at radius 3 is 2.64 bits per heavy atom. The molecule has 1 unspecified atom stereocenters. The normalized spacial score (nSPS) is 30.6. The summed E-state index contributed by atoms with van der Waals surface area (Å²) in [5.41, 5.74) is 1.50. The molecule has 3 fully saturated rings. The predicted molar refractivity (Wildman–Crippen MR) is 97.3 cm³/mol. The van der Waals surface area contributed by atoms with E-state index in [-0.39, 0.29) is 5.60 Å². The second-order valence-corrected chi connectivity index (χ2v) is 7.91. The number of aromatic carboxylic acids is 1. The van der Waals surface area contributed by atoms with Crippen molar-refractivity contribution in [3.05, 3.63) is 29.8 Å². The van der Waals surface area contributed by atoms with Gasteiger partial charge in [-0.25, -0.2) is 4.79 Å². The zero-order valence-corrected chi connectivity index (χ0v) is 14.9. The molecule has 2 heterocycles. The van der Waals surface area contributed by atoms with Crippen LogP contribution in [0.2, 0.25) is 0 Å². The van der Waals surface area contributed by atoms with Crippen LogP contribution in [0.25, 0.3) is 0 Å². The van der Waals surface area contributed by atoms with Gasteiger partial charge in [-0.2, -0.15) is 0 Å². The predicted octanol–water partition coefficient (Wildman–Crippen LogP) is 2.90. The smallest absolute Gasteiger partial charge is 0.335 e. The lowest BCUT2D eigenvalue weighted by atomic mass is 9.87. The van der Waals surface area contributed by atoms with Crippen molar-refractivity contribution in [3.63, 3.8) is 0 Å². The number of benzene rings is 1. The van der Waals surface area contributed by atoms with Crippen LogP contribution in [0.4, 0.5) is 5.69 Å². The van der Waals surface area contributed by atoms with Gasteiger partial charge in [0.15, 0.2) is 0 Å². The lowest BCUT2D eigenvalue weighted by Crippen LogP contribution is -2.45. The molecule has 0 bridgehead atoms. The van der Waals surface area contributed by atoms with Crippen LogP contribution in [0, 0.1) is 5.92 Å². The van der Waals surface area contributed by atoms with Crippen LogP contribution in [0.15, 0.2) is 24.3 Å². The quantitative estimate of drug-likeness (QED) is 0.860. The Labute approximate surface area is 149 Å². The molecular weight excluding hydrogens is 316 g/mol. The third-order valence-electron chi connectivity index (χ3n) is 6.26. The molecule has 1 aliphatic carbocycles. The van der Waals surface area contributed by atoms with Gasteiger partial charge in [0.25, 0.3) is 0 Å². The van der Waals surface area contributed by atoms with E-state index in [1.165, 1.54) is 12.8 Å². The summed E-state index contributed by atoms with van der Waals surface area (Å²) in [4.78, 5) is 13.3. The lowest BCUT2D eigenvalue weighted by molar-refractivity contribution is -0.0150. The first-order valence-electron chi connectivity index (χ1n) is 9.57. The number of carboxylic acid groups (broad SMARTS) is 1. The molecule has 1 aromatic carbocycles. The average Bonchev–Trinajstić information content (AvgIpc) is 3.28. The first-order chi connectivity index (χ1) is 12.1. The van der Waals surface area contributed by atoms with Gasteiger partial charge in [-0.1, -0.05) is 13.3 Å². The van der Waals surface area contributed by atoms with Gasteiger partial charge in [0.1, 0.15) is 0 Å². The maximum atomic E-state index is 11.0.